The van der Waals surface area contributed by atoms with E-state index >= 15 is 0 Å². The number of benzene rings is 2. The number of hydrogen-bond donors (Lipinski definition) is 1. The quantitative estimate of drug-likeness (QED) is 0.432. The van der Waals surface area contributed by atoms with Gasteiger partial charge in [-0.15, -0.1) is 0 Å². The second-order valence-corrected chi connectivity index (χ2v) is 7.50. The van der Waals surface area contributed by atoms with E-state index in [-0.39, 0.29) is 11.9 Å². The van der Waals surface area contributed by atoms with Crippen molar-refractivity contribution in [1.29, 1.82) is 0 Å². The maximum absolute atomic E-state index is 14.5. The topological polar surface area (TPSA) is 29.3 Å². The molecule has 2 heterocycles. The summed E-state index contributed by atoms with van der Waals surface area (Å²) < 4.78 is 17.3. The van der Waals surface area contributed by atoms with Crippen LogP contribution in [0.1, 0.15) is 28.6 Å². The highest BCUT2D eigenvalue weighted by Crippen LogP contribution is 2.32. The first kappa shape index (κ1) is 17.7. The largest absolute Gasteiger partial charge is 0.370 e. The summed E-state index contributed by atoms with van der Waals surface area (Å²) in [4.78, 5) is 4.76. The first-order valence-corrected chi connectivity index (χ1v) is 9.54. The lowest BCUT2D eigenvalue weighted by molar-refractivity contribution is 0.627. The first-order valence-electron chi connectivity index (χ1n) is 8.75. The van der Waals surface area contributed by atoms with Crippen LogP contribution >= 0.6 is 15.9 Å². The number of fused-ring (bicyclic) bond motifs is 1. The van der Waals surface area contributed by atoms with Gasteiger partial charge in [0, 0.05) is 10.7 Å². The van der Waals surface area contributed by atoms with Crippen molar-refractivity contribution in [3.8, 4) is 0 Å². The maximum Gasteiger partial charge on any atom is 0.147 e. The zero-order chi connectivity index (χ0) is 19.0. The van der Waals surface area contributed by atoms with E-state index in [1.54, 1.807) is 6.07 Å². The van der Waals surface area contributed by atoms with Crippen LogP contribution in [0.5, 0.6) is 0 Å². The zero-order valence-corrected chi connectivity index (χ0v) is 16.7. The van der Waals surface area contributed by atoms with Gasteiger partial charge >= 0.3 is 0 Å². The van der Waals surface area contributed by atoms with Crippen LogP contribution in [0.4, 0.5) is 10.1 Å². The van der Waals surface area contributed by atoms with E-state index in [1.165, 1.54) is 6.07 Å². The molecule has 0 aliphatic heterocycles. The molecule has 0 amide bonds. The fraction of sp³-hybridized carbons (Fsp3) is 0.136. The second kappa shape index (κ2) is 7.16. The molecule has 0 bridgehead atoms. The normalized spacial score (nSPS) is 12.3. The minimum atomic E-state index is -0.298. The van der Waals surface area contributed by atoms with Gasteiger partial charge < -0.3 is 9.72 Å². The van der Waals surface area contributed by atoms with Gasteiger partial charge in [0.15, 0.2) is 0 Å². The van der Waals surface area contributed by atoms with Gasteiger partial charge in [-0.25, -0.2) is 9.37 Å². The Morgan fingerprint density at radius 1 is 1.04 bits per heavy atom. The standard InChI is InChI=1S/C22H19BrFN3/c1-14-7-6-12-27-21(15(2)25-22(14)27)20(16-8-4-3-5-9-16)26-19-11-10-17(23)13-18(19)24/h3-13,20,26H,1-2H3. The van der Waals surface area contributed by atoms with Gasteiger partial charge in [-0.3, -0.25) is 0 Å². The van der Waals surface area contributed by atoms with E-state index in [0.29, 0.717) is 10.2 Å². The third-order valence-electron chi connectivity index (χ3n) is 4.70. The second-order valence-electron chi connectivity index (χ2n) is 6.58. The van der Waals surface area contributed by atoms with E-state index in [4.69, 9.17) is 4.98 Å². The molecule has 2 aromatic carbocycles. The zero-order valence-electron chi connectivity index (χ0n) is 15.1. The summed E-state index contributed by atoms with van der Waals surface area (Å²) in [7, 11) is 0. The predicted octanol–water partition coefficient (Wildman–Crippen LogP) is 6.05. The molecule has 1 atom stereocenters. The van der Waals surface area contributed by atoms with E-state index < -0.39 is 0 Å². The van der Waals surface area contributed by atoms with Crippen molar-refractivity contribution in [2.24, 2.45) is 0 Å². The minimum Gasteiger partial charge on any atom is -0.370 e. The van der Waals surface area contributed by atoms with Crippen molar-refractivity contribution in [3.05, 3.63) is 99.7 Å². The third-order valence-corrected chi connectivity index (χ3v) is 5.20. The molecular weight excluding hydrogens is 405 g/mol. The fourth-order valence-electron chi connectivity index (χ4n) is 3.40. The van der Waals surface area contributed by atoms with Crippen LogP contribution in [0.15, 0.2) is 71.3 Å². The molecule has 0 saturated heterocycles. The molecule has 3 nitrogen and oxygen atoms in total. The number of anilines is 1. The van der Waals surface area contributed by atoms with Gasteiger partial charge in [0.05, 0.1) is 23.1 Å². The molecule has 27 heavy (non-hydrogen) atoms. The molecule has 1 N–H and O–H groups in total. The third kappa shape index (κ3) is 3.35. The number of halogens is 2. The van der Waals surface area contributed by atoms with Crippen molar-refractivity contribution in [2.45, 2.75) is 19.9 Å². The van der Waals surface area contributed by atoms with Crippen molar-refractivity contribution in [1.82, 2.24) is 9.38 Å². The number of aromatic nitrogens is 2. The first-order chi connectivity index (χ1) is 13.0. The average Bonchev–Trinajstić information content (AvgIpc) is 2.99. The molecule has 0 radical (unpaired) electrons. The lowest BCUT2D eigenvalue weighted by atomic mass is 10.0. The summed E-state index contributed by atoms with van der Waals surface area (Å²) in [5, 5.41) is 3.39. The molecule has 1 unspecified atom stereocenters. The van der Waals surface area contributed by atoms with Crippen LogP contribution in [-0.4, -0.2) is 9.38 Å². The molecule has 5 heteroatoms. The summed E-state index contributed by atoms with van der Waals surface area (Å²) in [5.74, 6) is -0.298. The van der Waals surface area contributed by atoms with Gasteiger partial charge in [-0.2, -0.15) is 0 Å². The van der Waals surface area contributed by atoms with Gasteiger partial charge in [0.25, 0.3) is 0 Å². The summed E-state index contributed by atoms with van der Waals surface area (Å²) in [6, 6.07) is 18.9. The highest BCUT2D eigenvalue weighted by Gasteiger charge is 2.23. The number of rotatable bonds is 4. The summed E-state index contributed by atoms with van der Waals surface area (Å²) in [6.45, 7) is 4.04. The van der Waals surface area contributed by atoms with Gasteiger partial charge in [-0.1, -0.05) is 52.3 Å². The van der Waals surface area contributed by atoms with Crippen LogP contribution < -0.4 is 5.32 Å². The predicted molar refractivity (Wildman–Crippen MR) is 111 cm³/mol. The van der Waals surface area contributed by atoms with E-state index in [2.05, 4.69) is 25.6 Å². The lowest BCUT2D eigenvalue weighted by Crippen LogP contribution is -2.16. The van der Waals surface area contributed by atoms with Gasteiger partial charge in [0.1, 0.15) is 11.5 Å². The molecule has 0 fully saturated rings. The number of aryl methyl sites for hydroxylation is 2. The number of nitrogens with one attached hydrogen (secondary N) is 1. The molecule has 0 aliphatic carbocycles. The lowest BCUT2D eigenvalue weighted by Gasteiger charge is -2.22. The SMILES string of the molecule is Cc1nc2c(C)cccn2c1C(Nc1ccc(Br)cc1F)c1ccccc1. The van der Waals surface area contributed by atoms with Crippen LogP contribution in [-0.2, 0) is 0 Å². The number of hydrogen-bond acceptors (Lipinski definition) is 2. The fourth-order valence-corrected chi connectivity index (χ4v) is 3.73. The molecule has 0 aliphatic rings. The highest BCUT2D eigenvalue weighted by molar-refractivity contribution is 9.10. The van der Waals surface area contributed by atoms with E-state index in [0.717, 1.165) is 28.2 Å². The van der Waals surface area contributed by atoms with Gasteiger partial charge in [-0.05, 0) is 49.2 Å². The van der Waals surface area contributed by atoms with Crippen molar-refractivity contribution in [3.63, 3.8) is 0 Å². The molecule has 0 saturated carbocycles. The highest BCUT2D eigenvalue weighted by atomic mass is 79.9. The molecule has 0 spiro atoms. The Bertz CT molecular complexity index is 1110. The number of nitrogens with zero attached hydrogens (tertiary/aromatic N) is 2. The average molecular weight is 424 g/mol. The minimum absolute atomic E-state index is 0.237. The van der Waals surface area contributed by atoms with Crippen LogP contribution in [0.3, 0.4) is 0 Å². The Kier molecular flexibility index (Phi) is 4.70. The van der Waals surface area contributed by atoms with Crippen molar-refractivity contribution < 1.29 is 4.39 Å². The van der Waals surface area contributed by atoms with Gasteiger partial charge in [0.2, 0.25) is 0 Å². The Hall–Kier alpha value is -2.66. The van der Waals surface area contributed by atoms with Crippen molar-refractivity contribution >= 4 is 27.3 Å². The Balaban J connectivity index is 1.89. The molecule has 2 aromatic heterocycles. The molecule has 4 aromatic rings. The van der Waals surface area contributed by atoms with E-state index in [1.807, 2.05) is 68.6 Å². The number of pyridine rings is 1. The van der Waals surface area contributed by atoms with Crippen LogP contribution in [0, 0.1) is 19.7 Å². The summed E-state index contributed by atoms with van der Waals surface area (Å²) in [5.41, 5.74) is 5.45. The molecular formula is C22H19BrFN3. The summed E-state index contributed by atoms with van der Waals surface area (Å²) >= 11 is 3.32. The Morgan fingerprint density at radius 3 is 2.56 bits per heavy atom. The van der Waals surface area contributed by atoms with E-state index in [9.17, 15) is 4.39 Å². The molecule has 4 rings (SSSR count). The Labute approximate surface area is 166 Å². The van der Waals surface area contributed by atoms with Crippen molar-refractivity contribution in [2.75, 3.05) is 5.32 Å². The smallest absolute Gasteiger partial charge is 0.147 e. The molecule has 136 valence electrons. The Morgan fingerprint density at radius 2 is 1.81 bits per heavy atom. The maximum atomic E-state index is 14.5. The summed E-state index contributed by atoms with van der Waals surface area (Å²) in [6.07, 6.45) is 2.01. The number of imidazole rings is 1. The van der Waals surface area contributed by atoms with Crippen LogP contribution in [0.25, 0.3) is 5.65 Å². The van der Waals surface area contributed by atoms with Crippen LogP contribution in [0.2, 0.25) is 0 Å². The monoisotopic (exact) mass is 423 g/mol.